The van der Waals surface area contributed by atoms with Gasteiger partial charge in [0, 0.05) is 28.1 Å². The molecule has 1 fully saturated rings. The van der Waals surface area contributed by atoms with E-state index >= 15 is 0 Å². The Balaban J connectivity index is 1.37. The molecule has 3 aromatic heterocycles. The van der Waals surface area contributed by atoms with Gasteiger partial charge in [-0.1, -0.05) is 41.6 Å². The second-order valence-corrected chi connectivity index (χ2v) is 9.10. The molecular formula is C19H17ClN6O2S2. The lowest BCUT2D eigenvalue weighted by Crippen LogP contribution is -2.17. The predicted molar refractivity (Wildman–Crippen MR) is 117 cm³/mol. The van der Waals surface area contributed by atoms with E-state index in [1.165, 1.54) is 23.1 Å². The van der Waals surface area contributed by atoms with Crippen LogP contribution in [0, 0.1) is 0 Å². The summed E-state index contributed by atoms with van der Waals surface area (Å²) in [6.07, 6.45) is 2.23. The highest BCUT2D eigenvalue weighted by Gasteiger charge is 2.20. The number of fused-ring (bicyclic) bond motifs is 1. The third-order valence-electron chi connectivity index (χ3n) is 4.89. The lowest BCUT2D eigenvalue weighted by molar-refractivity contribution is 0.0912. The van der Waals surface area contributed by atoms with Gasteiger partial charge in [0.05, 0.1) is 23.8 Å². The van der Waals surface area contributed by atoms with Crippen LogP contribution in [0.25, 0.3) is 21.3 Å². The molecule has 4 heterocycles. The van der Waals surface area contributed by atoms with Gasteiger partial charge in [0.15, 0.2) is 0 Å². The number of hydrogen-bond acceptors (Lipinski definition) is 8. The van der Waals surface area contributed by atoms with Gasteiger partial charge in [0.25, 0.3) is 5.56 Å². The van der Waals surface area contributed by atoms with E-state index in [0.29, 0.717) is 38.5 Å². The average molecular weight is 461 g/mol. The number of rotatable bonds is 6. The van der Waals surface area contributed by atoms with Crippen molar-refractivity contribution in [3.05, 3.63) is 50.8 Å². The third-order valence-corrected chi connectivity index (χ3v) is 7.06. The summed E-state index contributed by atoms with van der Waals surface area (Å²) in [6.45, 7) is 1.42. The van der Waals surface area contributed by atoms with Crippen molar-refractivity contribution in [3.8, 4) is 11.1 Å². The third kappa shape index (κ3) is 3.87. The number of benzene rings is 1. The normalized spacial score (nSPS) is 16.5. The van der Waals surface area contributed by atoms with Crippen LogP contribution in [-0.2, 0) is 17.0 Å². The second-order valence-electron chi connectivity index (χ2n) is 6.89. The van der Waals surface area contributed by atoms with Crippen LogP contribution in [0.4, 0.5) is 0 Å². The first kappa shape index (κ1) is 19.7. The van der Waals surface area contributed by atoms with E-state index in [0.717, 1.165) is 30.6 Å². The first-order valence-corrected chi connectivity index (χ1v) is 11.7. The SMILES string of the molecule is O=c1[nH]c(CSc2nnnn2C[C@@H]2CCCO2)nc2scc(-c3ccccc3Cl)c12. The van der Waals surface area contributed by atoms with E-state index in [9.17, 15) is 4.79 Å². The van der Waals surface area contributed by atoms with Crippen LogP contribution in [0.2, 0.25) is 5.02 Å². The van der Waals surface area contributed by atoms with Gasteiger partial charge in [0.1, 0.15) is 10.7 Å². The molecule has 1 saturated heterocycles. The average Bonchev–Trinajstić information content (AvgIpc) is 3.49. The molecule has 1 aliphatic heterocycles. The molecule has 0 radical (unpaired) electrons. The number of nitrogens with zero attached hydrogens (tertiary/aromatic N) is 5. The quantitative estimate of drug-likeness (QED) is 0.437. The Morgan fingerprint density at radius 3 is 3.07 bits per heavy atom. The number of thioether (sulfide) groups is 1. The van der Waals surface area contributed by atoms with E-state index in [2.05, 4.69) is 25.5 Å². The van der Waals surface area contributed by atoms with Gasteiger partial charge in [-0.05, 0) is 29.3 Å². The number of ether oxygens (including phenoxy) is 1. The van der Waals surface area contributed by atoms with E-state index < -0.39 is 0 Å². The number of hydrogen-bond donors (Lipinski definition) is 1. The minimum absolute atomic E-state index is 0.150. The van der Waals surface area contributed by atoms with Crippen molar-refractivity contribution in [3.63, 3.8) is 0 Å². The zero-order valence-electron chi connectivity index (χ0n) is 15.7. The van der Waals surface area contributed by atoms with Crippen molar-refractivity contribution in [1.29, 1.82) is 0 Å². The molecule has 4 aromatic rings. The maximum atomic E-state index is 12.8. The molecular weight excluding hydrogens is 444 g/mol. The summed E-state index contributed by atoms with van der Waals surface area (Å²) < 4.78 is 7.41. The molecule has 1 aromatic carbocycles. The molecule has 1 atom stereocenters. The summed E-state index contributed by atoms with van der Waals surface area (Å²) in [5.41, 5.74) is 1.45. The fourth-order valence-corrected chi connectivity index (χ4v) is 5.42. The number of thiophene rings is 1. The van der Waals surface area contributed by atoms with E-state index in [4.69, 9.17) is 16.3 Å². The highest BCUT2D eigenvalue weighted by molar-refractivity contribution is 7.98. The summed E-state index contributed by atoms with van der Waals surface area (Å²) in [5, 5.41) is 15.7. The molecule has 0 bridgehead atoms. The Bertz CT molecular complexity index is 1250. The smallest absolute Gasteiger partial charge is 0.260 e. The molecule has 0 spiro atoms. The molecule has 154 valence electrons. The van der Waals surface area contributed by atoms with Gasteiger partial charge in [-0.15, -0.1) is 16.4 Å². The fraction of sp³-hybridized carbons (Fsp3) is 0.316. The van der Waals surface area contributed by atoms with E-state index in [1.54, 1.807) is 4.68 Å². The van der Waals surface area contributed by atoms with E-state index in [1.807, 2.05) is 29.6 Å². The Hall–Kier alpha value is -2.27. The Morgan fingerprint density at radius 1 is 1.33 bits per heavy atom. The minimum atomic E-state index is -0.175. The Labute approximate surface area is 184 Å². The molecule has 30 heavy (non-hydrogen) atoms. The maximum absolute atomic E-state index is 12.8. The molecule has 8 nitrogen and oxygen atoms in total. The van der Waals surface area contributed by atoms with Gasteiger partial charge < -0.3 is 9.72 Å². The van der Waals surface area contributed by atoms with Gasteiger partial charge in [-0.2, -0.15) is 0 Å². The molecule has 0 amide bonds. The van der Waals surface area contributed by atoms with Crippen LogP contribution in [0.3, 0.4) is 0 Å². The number of nitrogens with one attached hydrogen (secondary N) is 1. The van der Waals surface area contributed by atoms with Crippen LogP contribution >= 0.6 is 34.7 Å². The molecule has 5 rings (SSSR count). The van der Waals surface area contributed by atoms with Crippen LogP contribution < -0.4 is 5.56 Å². The lowest BCUT2D eigenvalue weighted by atomic mass is 10.1. The molecule has 1 N–H and O–H groups in total. The van der Waals surface area contributed by atoms with Crippen molar-refractivity contribution in [2.75, 3.05) is 6.61 Å². The van der Waals surface area contributed by atoms with Gasteiger partial charge in [0.2, 0.25) is 5.16 Å². The monoisotopic (exact) mass is 460 g/mol. The molecule has 0 saturated carbocycles. The summed E-state index contributed by atoms with van der Waals surface area (Å²) in [7, 11) is 0. The molecule has 1 aliphatic rings. The molecule has 0 unspecified atom stereocenters. The summed E-state index contributed by atoms with van der Waals surface area (Å²) in [5.74, 6) is 1.04. The number of tetrazole rings is 1. The van der Waals surface area contributed by atoms with Crippen LogP contribution in [0.5, 0.6) is 0 Å². The summed E-state index contributed by atoms with van der Waals surface area (Å²) >= 11 is 9.19. The van der Waals surface area contributed by atoms with Crippen molar-refractivity contribution >= 4 is 44.9 Å². The first-order chi connectivity index (χ1) is 14.7. The topological polar surface area (TPSA) is 98.6 Å². The highest BCUT2D eigenvalue weighted by atomic mass is 35.5. The predicted octanol–water partition coefficient (Wildman–Crippen LogP) is 3.76. The maximum Gasteiger partial charge on any atom is 0.260 e. The molecule has 11 heteroatoms. The summed E-state index contributed by atoms with van der Waals surface area (Å²) in [4.78, 5) is 21.0. The van der Waals surface area contributed by atoms with Crippen molar-refractivity contribution in [1.82, 2.24) is 30.2 Å². The summed E-state index contributed by atoms with van der Waals surface area (Å²) in [6, 6.07) is 7.48. The standard InChI is InChI=1S/C19H17ClN6O2S2/c20-14-6-2-1-5-12(14)13-9-29-18-16(13)17(27)21-15(22-18)10-30-19-23-24-25-26(19)8-11-4-3-7-28-11/h1-2,5-6,9,11H,3-4,7-8,10H2,(H,21,22,27)/t11-/m0/s1. The number of aromatic amines is 1. The second kappa shape index (κ2) is 8.46. The number of halogens is 1. The minimum Gasteiger partial charge on any atom is -0.376 e. The number of H-pyrrole nitrogens is 1. The van der Waals surface area contributed by atoms with Gasteiger partial charge >= 0.3 is 0 Å². The van der Waals surface area contributed by atoms with Crippen LogP contribution in [0.15, 0.2) is 39.6 Å². The highest BCUT2D eigenvalue weighted by Crippen LogP contribution is 2.35. The van der Waals surface area contributed by atoms with Crippen molar-refractivity contribution < 1.29 is 4.74 Å². The lowest BCUT2D eigenvalue weighted by Gasteiger charge is -2.09. The number of aromatic nitrogens is 6. The van der Waals surface area contributed by atoms with Crippen molar-refractivity contribution in [2.45, 2.75) is 36.4 Å². The first-order valence-electron chi connectivity index (χ1n) is 9.45. The van der Waals surface area contributed by atoms with E-state index in [-0.39, 0.29) is 11.7 Å². The fourth-order valence-electron chi connectivity index (χ4n) is 3.47. The van der Waals surface area contributed by atoms with Crippen molar-refractivity contribution in [2.24, 2.45) is 0 Å². The zero-order valence-corrected chi connectivity index (χ0v) is 18.1. The van der Waals surface area contributed by atoms with Gasteiger partial charge in [-0.3, -0.25) is 4.79 Å². The zero-order chi connectivity index (χ0) is 20.5. The largest absolute Gasteiger partial charge is 0.376 e. The van der Waals surface area contributed by atoms with Gasteiger partial charge in [-0.25, -0.2) is 9.67 Å². The Kier molecular flexibility index (Phi) is 5.55. The Morgan fingerprint density at radius 2 is 2.23 bits per heavy atom. The van der Waals surface area contributed by atoms with Crippen LogP contribution in [0.1, 0.15) is 18.7 Å². The molecule has 0 aliphatic carbocycles. The van der Waals surface area contributed by atoms with Crippen LogP contribution in [-0.4, -0.2) is 42.9 Å².